The number of nitrogens with zero attached hydrogens (tertiary/aromatic N) is 8. The molecule has 0 fully saturated rings. The quantitative estimate of drug-likeness (QED) is 0.120. The number of hydrogen-bond acceptors (Lipinski definition) is 6. The molecule has 0 atom stereocenters. The Labute approximate surface area is 566 Å². The maximum atomic E-state index is 10.5. The van der Waals surface area contributed by atoms with Gasteiger partial charge < -0.3 is 9.13 Å². The van der Waals surface area contributed by atoms with E-state index in [1.807, 2.05) is 97.1 Å². The van der Waals surface area contributed by atoms with Crippen LogP contribution in [-0.4, -0.2) is 24.1 Å². The summed E-state index contributed by atoms with van der Waals surface area (Å²) in [6, 6.07) is 120. The van der Waals surface area contributed by atoms with Crippen molar-refractivity contribution in [3.63, 3.8) is 0 Å². The van der Waals surface area contributed by atoms with Crippen molar-refractivity contribution in [3.8, 4) is 142 Å². The van der Waals surface area contributed by atoms with E-state index in [0.717, 1.165) is 150 Å². The van der Waals surface area contributed by atoms with Crippen LogP contribution in [0.2, 0.25) is 0 Å². The predicted molar refractivity (Wildman–Crippen MR) is 397 cm³/mol. The molecule has 0 aliphatic carbocycles. The topological polar surface area (TPSA) is 120 Å². The largest absolute Gasteiger partial charge is 0.309 e. The number of nitriles is 3. The second kappa shape index (κ2) is 24.6. The minimum absolute atomic E-state index is 0.427. The van der Waals surface area contributed by atoms with Crippen molar-refractivity contribution in [3.05, 3.63) is 344 Å². The fraction of sp³-hybridized carbons (Fsp3) is 0. The highest BCUT2D eigenvalue weighted by Crippen LogP contribution is 2.44. The van der Waals surface area contributed by atoms with Gasteiger partial charge in [-0.3, -0.25) is 0 Å². The van der Waals surface area contributed by atoms with E-state index in [-0.39, 0.29) is 0 Å². The maximum absolute atomic E-state index is 10.5. The normalized spacial score (nSPS) is 11.2. The van der Waals surface area contributed by atoms with Gasteiger partial charge in [0, 0.05) is 49.4 Å². The van der Waals surface area contributed by atoms with Crippen LogP contribution in [0, 0.1) is 34.0 Å². The Bertz CT molecular complexity index is 5630. The molecule has 98 heavy (non-hydrogen) atoms. The van der Waals surface area contributed by atoms with Gasteiger partial charge in [0.15, 0.2) is 17.5 Å². The van der Waals surface area contributed by atoms with Crippen LogP contribution < -0.4 is 0 Å². The van der Waals surface area contributed by atoms with Gasteiger partial charge in [-0.25, -0.2) is 15.0 Å². The highest BCUT2D eigenvalue weighted by molar-refractivity contribution is 6.14. The standard InChI is InChI=1S/C90H54N8/c91-55-58-17-13-28-65(45-58)66-29-16-32-73(48-66)88-94-89(74-37-43-82(76(53-74)71-30-14-18-59(46-71)56-92)97-84-39-33-67(61-20-5-1-6-21-61)49-78(84)79-50-68(34-40-85(79)97)62-22-7-2-8-23-62)96-90(95-88)75-38-44-83(77(54-75)72-31-15-19-60(47-72)57-93)98-86-41-35-69(63-24-9-3-10-25-63)51-80(86)81-52-70(36-42-87(81)98)64-26-11-4-12-27-64/h1-54H. The third kappa shape index (κ3) is 10.6. The Kier molecular flexibility index (Phi) is 14.5. The molecule has 0 amide bonds. The summed E-state index contributed by atoms with van der Waals surface area (Å²) in [4.78, 5) is 16.3. The predicted octanol–water partition coefficient (Wildman–Crippen LogP) is 22.4. The summed E-state index contributed by atoms with van der Waals surface area (Å²) in [6.07, 6.45) is 0. The van der Waals surface area contributed by atoms with Gasteiger partial charge in [0.25, 0.3) is 0 Å². The van der Waals surface area contributed by atoms with E-state index in [4.69, 9.17) is 15.0 Å². The Hall–Kier alpha value is -13.8. The lowest BCUT2D eigenvalue weighted by atomic mass is 9.97. The Morgan fingerprint density at radius 2 is 0.459 bits per heavy atom. The lowest BCUT2D eigenvalue weighted by Crippen LogP contribution is -2.03. The van der Waals surface area contributed by atoms with E-state index in [2.05, 4.69) is 252 Å². The van der Waals surface area contributed by atoms with Gasteiger partial charge in [-0.05, 0) is 194 Å². The van der Waals surface area contributed by atoms with E-state index in [1.165, 1.54) is 0 Å². The summed E-state index contributed by atoms with van der Waals surface area (Å²) >= 11 is 0. The molecule has 454 valence electrons. The molecule has 17 rings (SSSR count). The monoisotopic (exact) mass is 1250 g/mol. The SMILES string of the molecule is N#Cc1cccc(-c2cccc(-c3nc(-c4ccc(-n5c6ccc(-c7ccccc7)cc6c6cc(-c7ccccc7)ccc65)c(-c5cccc(C#N)c5)c4)nc(-c4ccc(-n5c6ccc(-c7ccccc7)cc6c6cc(-c7ccccc7)ccc65)c(-c5cccc(C#N)c5)c4)n3)c2)c1. The first-order chi connectivity index (χ1) is 48.4. The fourth-order valence-electron chi connectivity index (χ4n) is 13.9. The molecule has 0 saturated carbocycles. The lowest BCUT2D eigenvalue weighted by Gasteiger charge is -2.17. The van der Waals surface area contributed by atoms with Crippen LogP contribution in [0.15, 0.2) is 328 Å². The number of rotatable bonds is 12. The molecule has 0 N–H and O–H groups in total. The lowest BCUT2D eigenvalue weighted by molar-refractivity contribution is 1.07. The van der Waals surface area contributed by atoms with Crippen molar-refractivity contribution in [2.75, 3.05) is 0 Å². The molecule has 0 spiro atoms. The Morgan fingerprint density at radius 3 is 0.796 bits per heavy atom. The van der Waals surface area contributed by atoms with Gasteiger partial charge in [0.1, 0.15) is 0 Å². The molecular weight excluding hydrogens is 1190 g/mol. The van der Waals surface area contributed by atoms with Crippen LogP contribution in [0.4, 0.5) is 0 Å². The first kappa shape index (κ1) is 58.0. The first-order valence-electron chi connectivity index (χ1n) is 32.5. The van der Waals surface area contributed by atoms with Crippen molar-refractivity contribution in [1.29, 1.82) is 15.8 Å². The van der Waals surface area contributed by atoms with Crippen LogP contribution in [0.5, 0.6) is 0 Å². The zero-order chi connectivity index (χ0) is 65.6. The van der Waals surface area contributed by atoms with Crippen LogP contribution in [0.3, 0.4) is 0 Å². The average molecular weight is 1250 g/mol. The number of benzene rings is 14. The van der Waals surface area contributed by atoms with Crippen molar-refractivity contribution in [1.82, 2.24) is 24.1 Å². The fourth-order valence-corrected chi connectivity index (χ4v) is 13.9. The minimum atomic E-state index is 0.427. The van der Waals surface area contributed by atoms with Crippen molar-refractivity contribution in [2.45, 2.75) is 0 Å². The van der Waals surface area contributed by atoms with Gasteiger partial charge in [-0.2, -0.15) is 15.8 Å². The van der Waals surface area contributed by atoms with Gasteiger partial charge in [-0.1, -0.05) is 200 Å². The van der Waals surface area contributed by atoms with Gasteiger partial charge in [0.05, 0.1) is 68.3 Å². The van der Waals surface area contributed by atoms with Crippen molar-refractivity contribution in [2.24, 2.45) is 0 Å². The summed E-state index contributed by atoms with van der Waals surface area (Å²) in [5.41, 5.74) is 23.9. The number of fused-ring (bicyclic) bond motifs is 6. The molecule has 8 nitrogen and oxygen atoms in total. The first-order valence-corrected chi connectivity index (χ1v) is 32.5. The minimum Gasteiger partial charge on any atom is -0.309 e. The smallest absolute Gasteiger partial charge is 0.164 e. The van der Waals surface area contributed by atoms with E-state index in [0.29, 0.717) is 34.2 Å². The summed E-state index contributed by atoms with van der Waals surface area (Å²) in [7, 11) is 0. The van der Waals surface area contributed by atoms with E-state index in [1.54, 1.807) is 6.07 Å². The van der Waals surface area contributed by atoms with Crippen LogP contribution in [0.1, 0.15) is 16.7 Å². The van der Waals surface area contributed by atoms with Crippen LogP contribution >= 0.6 is 0 Å². The zero-order valence-corrected chi connectivity index (χ0v) is 52.8. The molecule has 3 heterocycles. The Balaban J connectivity index is 0.890. The zero-order valence-electron chi connectivity index (χ0n) is 52.8. The number of hydrogen-bond donors (Lipinski definition) is 0. The second-order valence-corrected chi connectivity index (χ2v) is 24.5. The van der Waals surface area contributed by atoms with Crippen molar-refractivity contribution >= 4 is 43.6 Å². The molecular formula is C90H54N8. The highest BCUT2D eigenvalue weighted by atomic mass is 15.0. The van der Waals surface area contributed by atoms with E-state index >= 15 is 0 Å². The van der Waals surface area contributed by atoms with Gasteiger partial charge in [0.2, 0.25) is 0 Å². The van der Waals surface area contributed by atoms with Gasteiger partial charge >= 0.3 is 0 Å². The Morgan fingerprint density at radius 1 is 0.204 bits per heavy atom. The number of aromatic nitrogens is 5. The average Bonchev–Trinajstić information content (AvgIpc) is 1.56. The van der Waals surface area contributed by atoms with E-state index < -0.39 is 0 Å². The molecule has 3 aromatic heterocycles. The molecule has 0 radical (unpaired) electrons. The summed E-state index contributed by atoms with van der Waals surface area (Å²) in [5.74, 6) is 1.29. The molecule has 0 aliphatic rings. The third-order valence-electron chi connectivity index (χ3n) is 18.6. The molecule has 0 saturated heterocycles. The van der Waals surface area contributed by atoms with Gasteiger partial charge in [-0.15, -0.1) is 0 Å². The second-order valence-electron chi connectivity index (χ2n) is 24.5. The van der Waals surface area contributed by atoms with Crippen molar-refractivity contribution < 1.29 is 0 Å². The molecule has 17 aromatic rings. The summed E-state index contributed by atoms with van der Waals surface area (Å²) < 4.78 is 4.69. The molecule has 0 bridgehead atoms. The molecule has 14 aromatic carbocycles. The highest BCUT2D eigenvalue weighted by Gasteiger charge is 2.24. The van der Waals surface area contributed by atoms with E-state index in [9.17, 15) is 15.8 Å². The maximum Gasteiger partial charge on any atom is 0.164 e. The molecule has 0 aliphatic heterocycles. The van der Waals surface area contributed by atoms with Crippen LogP contribution in [0.25, 0.3) is 167 Å². The van der Waals surface area contributed by atoms with Crippen LogP contribution in [-0.2, 0) is 0 Å². The third-order valence-corrected chi connectivity index (χ3v) is 18.6. The molecule has 8 heteroatoms. The summed E-state index contributed by atoms with van der Waals surface area (Å²) in [5, 5.41) is 35.3. The summed E-state index contributed by atoms with van der Waals surface area (Å²) in [6.45, 7) is 0. The molecule has 0 unspecified atom stereocenters.